The third kappa shape index (κ3) is 8.20. The van der Waals surface area contributed by atoms with Gasteiger partial charge in [0.25, 0.3) is 11.8 Å². The normalized spacial score (nSPS) is 11.8. The highest BCUT2D eigenvalue weighted by atomic mass is 35.5. The van der Waals surface area contributed by atoms with E-state index in [4.69, 9.17) is 42.1 Å². The standard InChI is InChI=1S/C51H36Cl2N6O9/c1-65-41-23-43(67-3)39(21-37(41)52)54-50(63)35-17-25-9-5-7-11-29(25)45(48(35)61)58-56-27-13-15-31-32-16-14-28(20-34(32)47(60)33(31)19-27)57-59-46-30-12-8-6-10-26(30)18-36(49(46)62)51(64)55-40-22-38(53)42(66-2)24-44(40)68-4/h5-24,61-62H,1-4H3,(H,54,63)(H,55,64). The number of phenolic OH excluding ortho intramolecular Hbond substituents is 2. The summed E-state index contributed by atoms with van der Waals surface area (Å²) in [7, 11) is 5.78. The van der Waals surface area contributed by atoms with Crippen molar-refractivity contribution in [2.24, 2.45) is 20.5 Å². The van der Waals surface area contributed by atoms with Crippen molar-refractivity contribution in [2.75, 3.05) is 39.1 Å². The second-order valence-electron chi connectivity index (χ2n) is 15.2. The third-order valence-corrected chi connectivity index (χ3v) is 11.8. The van der Waals surface area contributed by atoms with Crippen molar-refractivity contribution in [3.8, 4) is 45.6 Å². The maximum absolute atomic E-state index is 14.0. The van der Waals surface area contributed by atoms with Crippen LogP contribution in [0.2, 0.25) is 10.0 Å². The van der Waals surface area contributed by atoms with E-state index in [-0.39, 0.29) is 61.2 Å². The first-order chi connectivity index (χ1) is 32.9. The van der Waals surface area contributed by atoms with Gasteiger partial charge in [-0.3, -0.25) is 14.4 Å². The Hall–Kier alpha value is -8.53. The highest BCUT2D eigenvalue weighted by Crippen LogP contribution is 2.45. The molecule has 8 aromatic carbocycles. The predicted molar refractivity (Wildman–Crippen MR) is 260 cm³/mol. The number of azo groups is 2. The molecule has 0 spiro atoms. The number of anilines is 2. The van der Waals surface area contributed by atoms with Crippen molar-refractivity contribution < 1.29 is 43.5 Å². The van der Waals surface area contributed by atoms with Gasteiger partial charge < -0.3 is 39.8 Å². The number of halogens is 2. The van der Waals surface area contributed by atoms with Crippen LogP contribution >= 0.6 is 23.2 Å². The number of phenols is 2. The van der Waals surface area contributed by atoms with Crippen LogP contribution < -0.4 is 29.6 Å². The number of ether oxygens (including phenoxy) is 4. The molecule has 17 heteroatoms. The van der Waals surface area contributed by atoms with Crippen molar-refractivity contribution in [1.29, 1.82) is 0 Å². The third-order valence-electron chi connectivity index (χ3n) is 11.2. The molecule has 15 nitrogen and oxygen atoms in total. The average molecular weight is 948 g/mol. The Bertz CT molecular complexity index is 3260. The van der Waals surface area contributed by atoms with Gasteiger partial charge in [0, 0.05) is 34.0 Å². The number of methoxy groups -OCH3 is 4. The molecule has 0 radical (unpaired) electrons. The van der Waals surface area contributed by atoms with Gasteiger partial charge in [-0.25, -0.2) is 0 Å². The topological polar surface area (TPSA) is 202 Å². The molecule has 0 saturated carbocycles. The fourth-order valence-electron chi connectivity index (χ4n) is 7.87. The van der Waals surface area contributed by atoms with Crippen molar-refractivity contribution in [3.05, 3.63) is 154 Å². The Morgan fingerprint density at radius 1 is 0.485 bits per heavy atom. The average Bonchev–Trinajstić information content (AvgIpc) is 3.62. The van der Waals surface area contributed by atoms with Crippen LogP contribution in [-0.4, -0.2) is 56.2 Å². The van der Waals surface area contributed by atoms with Crippen molar-refractivity contribution >= 4 is 96.5 Å². The summed E-state index contributed by atoms with van der Waals surface area (Å²) >= 11 is 12.7. The van der Waals surface area contributed by atoms with Crippen LogP contribution in [0.5, 0.6) is 34.5 Å². The summed E-state index contributed by atoms with van der Waals surface area (Å²) in [6, 6.07) is 33.3. The zero-order valence-corrected chi connectivity index (χ0v) is 37.9. The molecule has 4 N–H and O–H groups in total. The van der Waals surface area contributed by atoms with Crippen molar-refractivity contribution in [1.82, 2.24) is 0 Å². The fourth-order valence-corrected chi connectivity index (χ4v) is 8.35. The van der Waals surface area contributed by atoms with E-state index in [9.17, 15) is 24.6 Å². The molecule has 0 unspecified atom stereocenters. The van der Waals surface area contributed by atoms with E-state index in [1.165, 1.54) is 64.8 Å². The molecule has 0 bridgehead atoms. The lowest BCUT2D eigenvalue weighted by molar-refractivity contribution is 0.101. The van der Waals surface area contributed by atoms with Gasteiger partial charge in [0.2, 0.25) is 0 Å². The number of nitrogens with one attached hydrogen (secondary N) is 2. The molecule has 0 aromatic heterocycles. The molecule has 0 saturated heterocycles. The monoisotopic (exact) mass is 946 g/mol. The Kier molecular flexibility index (Phi) is 12.1. The van der Waals surface area contributed by atoms with E-state index < -0.39 is 23.3 Å². The number of hydrogen-bond acceptors (Lipinski definition) is 13. The van der Waals surface area contributed by atoms with Gasteiger partial charge in [0.05, 0.1) is 72.4 Å². The summed E-state index contributed by atoms with van der Waals surface area (Å²) in [4.78, 5) is 41.4. The van der Waals surface area contributed by atoms with E-state index in [1.54, 1.807) is 84.9 Å². The van der Waals surface area contributed by atoms with E-state index in [1.807, 2.05) is 0 Å². The Balaban J connectivity index is 0.985. The molecule has 0 atom stereocenters. The van der Waals surface area contributed by atoms with Gasteiger partial charge in [-0.05, 0) is 70.4 Å². The van der Waals surface area contributed by atoms with E-state index >= 15 is 0 Å². The summed E-state index contributed by atoms with van der Waals surface area (Å²) < 4.78 is 21.4. The number of nitrogens with zero attached hydrogens (tertiary/aromatic N) is 4. The molecule has 0 aliphatic heterocycles. The maximum Gasteiger partial charge on any atom is 0.259 e. The number of fused-ring (bicyclic) bond motifs is 5. The largest absolute Gasteiger partial charge is 0.505 e. The first kappa shape index (κ1) is 44.7. The molecular formula is C51H36Cl2N6O9. The number of aromatic hydroxyl groups is 2. The lowest BCUT2D eigenvalue weighted by atomic mass is 10.0. The lowest BCUT2D eigenvalue weighted by Crippen LogP contribution is -2.13. The highest BCUT2D eigenvalue weighted by Gasteiger charge is 2.28. The highest BCUT2D eigenvalue weighted by molar-refractivity contribution is 6.33. The van der Waals surface area contributed by atoms with Crippen LogP contribution in [0.15, 0.2) is 142 Å². The second-order valence-corrected chi connectivity index (χ2v) is 16.0. The van der Waals surface area contributed by atoms with Crippen LogP contribution in [0.25, 0.3) is 32.7 Å². The molecule has 2 amide bonds. The van der Waals surface area contributed by atoms with Gasteiger partial charge in [-0.1, -0.05) is 83.9 Å². The molecule has 1 aliphatic rings. The SMILES string of the molecule is COc1cc(OC)c(NC(=O)c2cc3ccccc3c(N=Nc3ccc4c(c3)C(=O)c3cc(N=Nc5c(O)c(C(=O)Nc6cc(Cl)c(OC)cc6OC)cc6ccccc56)ccc3-4)c2O)cc1Cl. The van der Waals surface area contributed by atoms with Crippen LogP contribution in [0.3, 0.4) is 0 Å². The number of carbonyl (C=O) groups excluding carboxylic acids is 3. The number of rotatable bonds is 12. The number of ketones is 1. The summed E-state index contributed by atoms with van der Waals surface area (Å²) in [5.41, 5.74) is 3.03. The number of amides is 2. The number of benzene rings is 8. The Morgan fingerprint density at radius 3 is 1.28 bits per heavy atom. The summed E-state index contributed by atoms with van der Waals surface area (Å²) in [5.74, 6) is -1.21. The maximum atomic E-state index is 14.0. The number of hydrogen-bond donors (Lipinski definition) is 4. The van der Waals surface area contributed by atoms with Crippen LogP contribution in [0.1, 0.15) is 36.6 Å². The predicted octanol–water partition coefficient (Wildman–Crippen LogP) is 13.3. The fraction of sp³-hybridized carbons (Fsp3) is 0.0784. The second kappa shape index (κ2) is 18.4. The van der Waals surface area contributed by atoms with E-state index in [0.29, 0.717) is 66.7 Å². The first-order valence-electron chi connectivity index (χ1n) is 20.5. The summed E-state index contributed by atoms with van der Waals surface area (Å²) in [5, 5.41) is 48.9. The van der Waals surface area contributed by atoms with Crippen LogP contribution in [-0.2, 0) is 0 Å². The van der Waals surface area contributed by atoms with Gasteiger partial charge in [-0.15, -0.1) is 10.2 Å². The molecule has 1 aliphatic carbocycles. The van der Waals surface area contributed by atoms with Crippen molar-refractivity contribution in [2.45, 2.75) is 0 Å². The zero-order chi connectivity index (χ0) is 47.8. The molecular weight excluding hydrogens is 911 g/mol. The minimum atomic E-state index is -0.664. The van der Waals surface area contributed by atoms with Gasteiger partial charge >= 0.3 is 0 Å². The quantitative estimate of drug-likeness (QED) is 0.0860. The van der Waals surface area contributed by atoms with Crippen LogP contribution in [0, 0.1) is 0 Å². The first-order valence-corrected chi connectivity index (χ1v) is 21.3. The molecule has 68 heavy (non-hydrogen) atoms. The molecule has 0 fully saturated rings. The smallest absolute Gasteiger partial charge is 0.259 e. The molecule has 8 aromatic rings. The van der Waals surface area contributed by atoms with Gasteiger partial charge in [0.15, 0.2) is 17.3 Å². The Labute approximate surface area is 397 Å². The van der Waals surface area contributed by atoms with Gasteiger partial charge in [0.1, 0.15) is 34.4 Å². The minimum Gasteiger partial charge on any atom is -0.505 e. The molecule has 338 valence electrons. The van der Waals surface area contributed by atoms with Crippen molar-refractivity contribution in [3.63, 3.8) is 0 Å². The zero-order valence-electron chi connectivity index (χ0n) is 36.3. The Morgan fingerprint density at radius 2 is 0.882 bits per heavy atom. The van der Waals surface area contributed by atoms with E-state index in [2.05, 4.69) is 31.1 Å². The summed E-state index contributed by atoms with van der Waals surface area (Å²) in [6.07, 6.45) is 0. The molecule has 9 rings (SSSR count). The molecule has 0 heterocycles. The lowest BCUT2D eigenvalue weighted by Gasteiger charge is -2.14. The minimum absolute atomic E-state index is 0.0328. The number of carbonyl (C=O) groups is 3. The summed E-state index contributed by atoms with van der Waals surface area (Å²) in [6.45, 7) is 0. The van der Waals surface area contributed by atoms with Gasteiger partial charge in [-0.2, -0.15) is 10.2 Å². The van der Waals surface area contributed by atoms with E-state index in [0.717, 1.165) is 0 Å². The van der Waals surface area contributed by atoms with Crippen LogP contribution in [0.4, 0.5) is 34.1 Å².